The summed E-state index contributed by atoms with van der Waals surface area (Å²) in [4.78, 5) is 0. The van der Waals surface area contributed by atoms with Crippen LogP contribution in [-0.4, -0.2) is 29.0 Å². The molecule has 0 saturated carbocycles. The van der Waals surface area contributed by atoms with E-state index in [1.807, 2.05) is 0 Å². The van der Waals surface area contributed by atoms with E-state index in [-0.39, 0.29) is 6.42 Å². The second kappa shape index (κ2) is 7.04. The summed E-state index contributed by atoms with van der Waals surface area (Å²) in [7, 11) is 0. The summed E-state index contributed by atoms with van der Waals surface area (Å²) in [6.45, 7) is 5.02. The lowest BCUT2D eigenvalue weighted by atomic mass is 10.3. The van der Waals surface area contributed by atoms with Crippen LogP contribution in [-0.2, 0) is 12.8 Å². The van der Waals surface area contributed by atoms with Crippen LogP contribution < -0.4 is 5.32 Å². The molecule has 0 aromatic carbocycles. The third-order valence-electron chi connectivity index (χ3n) is 2.25. The van der Waals surface area contributed by atoms with Gasteiger partial charge in [0, 0.05) is 25.3 Å². The van der Waals surface area contributed by atoms with Gasteiger partial charge < -0.3 is 5.32 Å². The summed E-state index contributed by atoms with van der Waals surface area (Å²) in [6, 6.07) is 0.446. The van der Waals surface area contributed by atoms with Gasteiger partial charge in [-0.05, 0) is 13.0 Å². The van der Waals surface area contributed by atoms with E-state index in [1.54, 1.807) is 0 Å². The van der Waals surface area contributed by atoms with Crippen LogP contribution in [0.1, 0.15) is 36.7 Å². The number of aromatic nitrogens is 2. The fourth-order valence-electron chi connectivity index (χ4n) is 1.37. The van der Waals surface area contributed by atoms with Gasteiger partial charge in [0.25, 0.3) is 0 Å². The Hall–Kier alpha value is -0.690. The van der Waals surface area contributed by atoms with Gasteiger partial charge in [-0.2, -0.15) is 13.2 Å². The number of hydrogen-bond acceptors (Lipinski definition) is 4. The highest BCUT2D eigenvalue weighted by Gasteiger charge is 2.27. The van der Waals surface area contributed by atoms with Crippen LogP contribution in [0.2, 0.25) is 0 Å². The Morgan fingerprint density at radius 1 is 1.17 bits per heavy atom. The van der Waals surface area contributed by atoms with Crippen molar-refractivity contribution in [3.05, 3.63) is 10.0 Å². The summed E-state index contributed by atoms with van der Waals surface area (Å²) in [5, 5.41) is 12.3. The molecule has 0 aliphatic rings. The smallest absolute Gasteiger partial charge is 0.315 e. The number of nitrogens with one attached hydrogen (secondary N) is 1. The fourth-order valence-corrected chi connectivity index (χ4v) is 2.26. The van der Waals surface area contributed by atoms with Crippen LogP contribution in [0.4, 0.5) is 13.2 Å². The van der Waals surface area contributed by atoms with Crippen molar-refractivity contribution in [3.63, 3.8) is 0 Å². The normalized spacial score (nSPS) is 12.3. The molecule has 7 heteroatoms. The summed E-state index contributed by atoms with van der Waals surface area (Å²) in [5.41, 5.74) is 0. The third kappa shape index (κ3) is 6.90. The minimum absolute atomic E-state index is 0.0641. The van der Waals surface area contributed by atoms with Crippen molar-refractivity contribution in [1.29, 1.82) is 0 Å². The molecule has 1 aromatic rings. The van der Waals surface area contributed by atoms with Crippen LogP contribution in [0.15, 0.2) is 0 Å². The molecule has 0 atom stereocenters. The fraction of sp³-hybridized carbons (Fsp3) is 0.818. The quantitative estimate of drug-likeness (QED) is 0.781. The third-order valence-corrected chi connectivity index (χ3v) is 3.29. The Bertz CT molecular complexity index is 350. The molecule has 3 nitrogen and oxygen atoms in total. The molecule has 0 radical (unpaired) electrons. The lowest BCUT2D eigenvalue weighted by Crippen LogP contribution is -2.23. The minimum Gasteiger partial charge on any atom is -0.315 e. The van der Waals surface area contributed by atoms with E-state index >= 15 is 0 Å². The van der Waals surface area contributed by atoms with Gasteiger partial charge in [0.2, 0.25) is 0 Å². The number of aryl methyl sites for hydroxylation is 2. The highest BCUT2D eigenvalue weighted by Crippen LogP contribution is 2.23. The van der Waals surface area contributed by atoms with Crippen molar-refractivity contribution in [2.45, 2.75) is 51.7 Å². The van der Waals surface area contributed by atoms with E-state index in [4.69, 9.17) is 0 Å². The van der Waals surface area contributed by atoms with Gasteiger partial charge in [-0.15, -0.1) is 21.5 Å². The van der Waals surface area contributed by atoms with E-state index < -0.39 is 12.6 Å². The van der Waals surface area contributed by atoms with E-state index in [1.165, 1.54) is 11.3 Å². The second-order valence-corrected chi connectivity index (χ2v) is 5.56. The molecule has 0 spiro atoms. The van der Waals surface area contributed by atoms with Crippen LogP contribution in [0.5, 0.6) is 0 Å². The van der Waals surface area contributed by atoms with E-state index in [0.29, 0.717) is 11.0 Å². The zero-order valence-electron chi connectivity index (χ0n) is 10.5. The van der Waals surface area contributed by atoms with Gasteiger partial charge in [-0.25, -0.2) is 0 Å². The first-order valence-corrected chi connectivity index (χ1v) is 6.80. The Morgan fingerprint density at radius 2 is 1.78 bits per heavy atom. The summed E-state index contributed by atoms with van der Waals surface area (Å²) in [6.07, 6.45) is -3.32. The highest BCUT2D eigenvalue weighted by atomic mass is 32.1. The molecule has 0 saturated heterocycles. The molecule has 104 valence electrons. The van der Waals surface area contributed by atoms with E-state index in [9.17, 15) is 13.2 Å². The van der Waals surface area contributed by atoms with Crippen LogP contribution in [0.3, 0.4) is 0 Å². The van der Waals surface area contributed by atoms with Crippen molar-refractivity contribution in [2.75, 3.05) is 6.54 Å². The lowest BCUT2D eigenvalue weighted by molar-refractivity contribution is -0.134. The standard InChI is InChI=1S/C11H18F3N3S/c1-8(2)15-7-3-4-9-16-17-10(18-9)5-6-11(12,13)14/h8,15H,3-7H2,1-2H3. The molecular formula is C11H18F3N3S. The Labute approximate surface area is 109 Å². The molecule has 0 amide bonds. The maximum atomic E-state index is 12.0. The van der Waals surface area contributed by atoms with E-state index in [2.05, 4.69) is 29.4 Å². The molecule has 0 bridgehead atoms. The summed E-state index contributed by atoms with van der Waals surface area (Å²) in [5.74, 6) is 0. The Morgan fingerprint density at radius 3 is 2.33 bits per heavy atom. The van der Waals surface area contributed by atoms with Gasteiger partial charge >= 0.3 is 6.18 Å². The molecule has 1 N–H and O–H groups in total. The highest BCUT2D eigenvalue weighted by molar-refractivity contribution is 7.11. The zero-order chi connectivity index (χ0) is 13.6. The Kier molecular flexibility index (Phi) is 6.01. The first kappa shape index (κ1) is 15.4. The molecule has 1 rings (SSSR count). The molecule has 18 heavy (non-hydrogen) atoms. The molecule has 0 unspecified atom stereocenters. The van der Waals surface area contributed by atoms with Crippen molar-refractivity contribution >= 4 is 11.3 Å². The SMILES string of the molecule is CC(C)NCCCc1nnc(CCC(F)(F)F)s1. The van der Waals surface area contributed by atoms with Crippen LogP contribution in [0, 0.1) is 0 Å². The van der Waals surface area contributed by atoms with Gasteiger partial charge in [0.15, 0.2) is 0 Å². The van der Waals surface area contributed by atoms with Crippen molar-refractivity contribution in [3.8, 4) is 0 Å². The maximum absolute atomic E-state index is 12.0. The average molecular weight is 281 g/mol. The lowest BCUT2D eigenvalue weighted by Gasteiger charge is -2.05. The zero-order valence-corrected chi connectivity index (χ0v) is 11.4. The number of alkyl halides is 3. The second-order valence-electron chi connectivity index (χ2n) is 4.42. The molecular weight excluding hydrogens is 263 g/mol. The molecule has 1 aromatic heterocycles. The van der Waals surface area contributed by atoms with Crippen LogP contribution in [0.25, 0.3) is 0 Å². The molecule has 1 heterocycles. The predicted octanol–water partition coefficient (Wildman–Crippen LogP) is 2.96. The predicted molar refractivity (Wildman–Crippen MR) is 65.7 cm³/mol. The summed E-state index contributed by atoms with van der Waals surface area (Å²) < 4.78 is 36.1. The van der Waals surface area contributed by atoms with Crippen molar-refractivity contribution < 1.29 is 13.2 Å². The average Bonchev–Trinajstić information content (AvgIpc) is 2.68. The van der Waals surface area contributed by atoms with Crippen molar-refractivity contribution in [2.24, 2.45) is 0 Å². The number of hydrogen-bond donors (Lipinski definition) is 1. The van der Waals surface area contributed by atoms with Gasteiger partial charge in [0.05, 0.1) is 0 Å². The monoisotopic (exact) mass is 281 g/mol. The molecule has 0 aliphatic carbocycles. The van der Waals surface area contributed by atoms with Gasteiger partial charge in [-0.1, -0.05) is 13.8 Å². The minimum atomic E-state index is -4.12. The summed E-state index contributed by atoms with van der Waals surface area (Å²) >= 11 is 1.28. The number of halogens is 3. The topological polar surface area (TPSA) is 37.8 Å². The van der Waals surface area contributed by atoms with Gasteiger partial charge in [0.1, 0.15) is 10.0 Å². The van der Waals surface area contributed by atoms with Gasteiger partial charge in [-0.3, -0.25) is 0 Å². The Balaban J connectivity index is 2.26. The molecule has 0 aliphatic heterocycles. The van der Waals surface area contributed by atoms with E-state index in [0.717, 1.165) is 24.4 Å². The van der Waals surface area contributed by atoms with Crippen LogP contribution >= 0.6 is 11.3 Å². The molecule has 0 fully saturated rings. The van der Waals surface area contributed by atoms with Crippen molar-refractivity contribution in [1.82, 2.24) is 15.5 Å². The number of rotatable bonds is 7. The first-order valence-electron chi connectivity index (χ1n) is 5.98. The largest absolute Gasteiger partial charge is 0.389 e. The maximum Gasteiger partial charge on any atom is 0.389 e. The first-order chi connectivity index (χ1) is 8.37. The number of nitrogens with zero attached hydrogens (tertiary/aromatic N) is 2.